The van der Waals surface area contributed by atoms with Crippen LogP contribution in [-0.4, -0.2) is 123 Å². The van der Waals surface area contributed by atoms with E-state index < -0.39 is 84.6 Å². The largest absolute Gasteiger partial charge is 0.481 e. The molecule has 1 aliphatic rings. The van der Waals surface area contributed by atoms with Crippen LogP contribution in [0.4, 0.5) is 5.82 Å². The van der Waals surface area contributed by atoms with Gasteiger partial charge in [-0.3, -0.25) is 32.5 Å². The SMILES string of the molecule is CCCCCCCCCCCCCCCCCCCCCCCCCCCCCCCCCCCCCCCCCCCCCCCC(=O)SCCNC(=O)CCNC(=O)[C@H](O)C(C)(C)COP(=O)(O)OP(=O)(O)OC[C@H]1O[C@@H](n2cnc3c(N)ncnc32)[C@H](O)[C@@H]1OP(=O)(O)O. The van der Waals surface area contributed by atoms with E-state index in [0.29, 0.717) is 12.2 Å². The van der Waals surface area contributed by atoms with Crippen molar-refractivity contribution < 1.29 is 80.5 Å². The van der Waals surface area contributed by atoms with Gasteiger partial charge in [0.05, 0.1) is 19.5 Å². The Morgan fingerprint density at radius 1 is 0.588 bits per heavy atom. The molecule has 3 heterocycles. The van der Waals surface area contributed by atoms with Crippen LogP contribution >= 0.6 is 35.2 Å². The van der Waals surface area contributed by atoms with Gasteiger partial charge in [-0.1, -0.05) is 315 Å². The van der Waals surface area contributed by atoms with Crippen LogP contribution in [0.25, 0.3) is 11.2 Å². The number of rotatable bonds is 65. The third kappa shape index (κ3) is 43.3. The minimum absolute atomic E-state index is 0.0359. The van der Waals surface area contributed by atoms with Gasteiger partial charge >= 0.3 is 23.5 Å². The van der Waals surface area contributed by atoms with Gasteiger partial charge in [0.1, 0.15) is 36.3 Å². The molecule has 1 fully saturated rings. The van der Waals surface area contributed by atoms with E-state index in [2.05, 4.69) is 41.3 Å². The summed E-state index contributed by atoms with van der Waals surface area (Å²) in [7, 11) is -16.4. The molecule has 0 saturated carbocycles. The highest BCUT2D eigenvalue weighted by atomic mass is 32.2. The van der Waals surface area contributed by atoms with E-state index in [4.69, 9.17) is 19.5 Å². The number of phosphoric ester groups is 3. The maximum absolute atomic E-state index is 12.8. The van der Waals surface area contributed by atoms with Crippen LogP contribution in [0.1, 0.15) is 329 Å². The molecular weight excluding hydrogens is 1320 g/mol. The number of unbranched alkanes of at least 4 members (excludes halogenated alkanes) is 44. The van der Waals surface area contributed by atoms with E-state index in [0.717, 1.165) is 36.5 Å². The average molecular weight is 1450 g/mol. The number of thioether (sulfide) groups is 1. The topological polar surface area (TPSA) is 364 Å². The van der Waals surface area contributed by atoms with E-state index in [-0.39, 0.29) is 41.6 Å². The predicted octanol–water partition coefficient (Wildman–Crippen LogP) is 16.6. The molecule has 24 nitrogen and oxygen atoms in total. The third-order valence-corrected chi connectivity index (χ3v) is 22.3. The molecule has 0 radical (unpaired) electrons. The summed E-state index contributed by atoms with van der Waals surface area (Å²) in [6.07, 6.45) is 56.1. The van der Waals surface area contributed by atoms with Crippen LogP contribution < -0.4 is 16.4 Å². The molecule has 564 valence electrons. The van der Waals surface area contributed by atoms with Gasteiger partial charge in [0, 0.05) is 37.1 Å². The molecular formula is C69H130N7O17P3S. The van der Waals surface area contributed by atoms with Crippen LogP contribution in [-0.2, 0) is 50.7 Å². The summed E-state index contributed by atoms with van der Waals surface area (Å²) in [6.45, 7) is 2.90. The van der Waals surface area contributed by atoms with Gasteiger partial charge < -0.3 is 50.9 Å². The number of fused-ring (bicyclic) bond motifs is 1. The first-order valence-corrected chi connectivity index (χ1v) is 43.1. The number of carbonyl (C=O) groups excluding carboxylic acids is 3. The number of ether oxygens (including phenoxy) is 1. The molecule has 1 saturated heterocycles. The molecule has 7 atom stereocenters. The molecule has 2 aromatic heterocycles. The minimum atomic E-state index is -5.58. The van der Waals surface area contributed by atoms with E-state index in [9.17, 15) is 57.9 Å². The van der Waals surface area contributed by atoms with E-state index in [1.807, 2.05) is 0 Å². The Labute approximate surface area is 586 Å². The van der Waals surface area contributed by atoms with Crippen LogP contribution in [0, 0.1) is 5.41 Å². The van der Waals surface area contributed by atoms with Crippen molar-refractivity contribution in [1.82, 2.24) is 30.2 Å². The zero-order chi connectivity index (χ0) is 70.9. The number of anilines is 1. The number of nitrogens with two attached hydrogens (primary N) is 1. The second-order valence-corrected chi connectivity index (χ2v) is 33.0. The molecule has 0 bridgehead atoms. The Balaban J connectivity index is 1.03. The number of aliphatic hydroxyl groups excluding tert-OH is 2. The highest BCUT2D eigenvalue weighted by molar-refractivity contribution is 8.13. The number of nitrogens with one attached hydrogen (secondary N) is 2. The number of imidazole rings is 1. The summed E-state index contributed by atoms with van der Waals surface area (Å²) in [6, 6.07) is 0. The summed E-state index contributed by atoms with van der Waals surface area (Å²) in [4.78, 5) is 89.0. The number of hydrogen-bond donors (Lipinski definition) is 9. The van der Waals surface area contributed by atoms with Gasteiger partial charge in [-0.05, 0) is 6.42 Å². The Kier molecular flexibility index (Phi) is 48.8. The molecule has 0 spiro atoms. The van der Waals surface area contributed by atoms with Crippen molar-refractivity contribution in [1.29, 1.82) is 0 Å². The van der Waals surface area contributed by atoms with Gasteiger partial charge in [-0.2, -0.15) is 4.31 Å². The fourth-order valence-electron chi connectivity index (χ4n) is 12.3. The van der Waals surface area contributed by atoms with Gasteiger partial charge in [-0.25, -0.2) is 28.6 Å². The summed E-state index contributed by atoms with van der Waals surface area (Å²) < 4.78 is 62.8. The Bertz CT molecular complexity index is 2540. The first kappa shape index (κ1) is 88.8. The van der Waals surface area contributed by atoms with Crippen molar-refractivity contribution in [3.63, 3.8) is 0 Å². The molecule has 97 heavy (non-hydrogen) atoms. The number of phosphoric acid groups is 3. The van der Waals surface area contributed by atoms with E-state index >= 15 is 0 Å². The van der Waals surface area contributed by atoms with Gasteiger partial charge in [0.25, 0.3) is 0 Å². The number of amides is 2. The second-order valence-electron chi connectivity index (χ2n) is 27.6. The van der Waals surface area contributed by atoms with Crippen molar-refractivity contribution >= 4 is 69.1 Å². The lowest BCUT2D eigenvalue weighted by Crippen LogP contribution is -2.46. The number of aliphatic hydroxyl groups is 2. The highest BCUT2D eigenvalue weighted by Crippen LogP contribution is 2.61. The van der Waals surface area contributed by atoms with Crippen molar-refractivity contribution in [2.45, 2.75) is 353 Å². The molecule has 0 aromatic carbocycles. The smallest absolute Gasteiger partial charge is 0.386 e. The number of nitrogen functional groups attached to an aromatic ring is 1. The number of carbonyl (C=O) groups is 3. The van der Waals surface area contributed by atoms with Gasteiger partial charge in [0.15, 0.2) is 22.8 Å². The van der Waals surface area contributed by atoms with Crippen molar-refractivity contribution in [2.24, 2.45) is 5.41 Å². The molecule has 0 aliphatic carbocycles. The Hall–Kier alpha value is -2.44. The molecule has 3 rings (SSSR count). The quantitative estimate of drug-likeness (QED) is 0.0219. The summed E-state index contributed by atoms with van der Waals surface area (Å²) >= 11 is 1.17. The highest BCUT2D eigenvalue weighted by Gasteiger charge is 2.50. The zero-order valence-electron chi connectivity index (χ0n) is 59.6. The summed E-state index contributed by atoms with van der Waals surface area (Å²) in [5, 5.41) is 26.9. The summed E-state index contributed by atoms with van der Waals surface area (Å²) in [5.74, 6) is -1.00. The summed E-state index contributed by atoms with van der Waals surface area (Å²) in [5.41, 5.74) is 4.31. The maximum Gasteiger partial charge on any atom is 0.481 e. The fraction of sp³-hybridized carbons (Fsp3) is 0.884. The van der Waals surface area contributed by atoms with Crippen molar-refractivity contribution in [3.8, 4) is 0 Å². The van der Waals surface area contributed by atoms with E-state index in [1.165, 1.54) is 295 Å². The first-order chi connectivity index (χ1) is 46.6. The molecule has 2 unspecified atom stereocenters. The van der Waals surface area contributed by atoms with Crippen LogP contribution in [0.15, 0.2) is 12.7 Å². The number of hydrogen-bond acceptors (Lipinski definition) is 18. The Morgan fingerprint density at radius 3 is 1.40 bits per heavy atom. The number of aromatic nitrogens is 4. The fourth-order valence-corrected chi connectivity index (χ4v) is 15.9. The molecule has 10 N–H and O–H groups in total. The lowest BCUT2D eigenvalue weighted by atomic mass is 9.87. The van der Waals surface area contributed by atoms with Crippen LogP contribution in [0.2, 0.25) is 0 Å². The molecule has 2 aromatic rings. The molecule has 28 heteroatoms. The number of nitrogens with zero attached hydrogens (tertiary/aromatic N) is 4. The maximum atomic E-state index is 12.8. The average Bonchev–Trinajstić information content (AvgIpc) is 1.62. The third-order valence-electron chi connectivity index (χ3n) is 18.2. The lowest BCUT2D eigenvalue weighted by Gasteiger charge is -2.30. The molecule has 1 aliphatic heterocycles. The standard InChI is InChI=1S/C69H130N7O17P3S/c1-4-5-6-7-8-9-10-11-12-13-14-15-16-17-18-19-20-21-22-23-24-25-26-27-28-29-30-31-32-33-34-35-36-37-38-39-40-41-42-43-44-45-46-47-48-49-60(78)97-53-52-71-59(77)50-51-72-67(81)64(80)69(2,3)55-90-96(87,88)93-95(85,86)89-54-58-63(92-94(82,83)84)62(79)68(91-58)76-57-75-61-65(70)73-56-74-66(61)76/h56-58,62-64,68,79-80H,4-55H2,1-3H3,(H,71,77)(H,72,81)(H,85,86)(H,87,88)(H2,70,73,74)(H2,82,83,84)/t58-,62-,63-,64+,68-/m1/s1. The zero-order valence-corrected chi connectivity index (χ0v) is 63.1. The van der Waals surface area contributed by atoms with Crippen molar-refractivity contribution in [3.05, 3.63) is 12.7 Å². The van der Waals surface area contributed by atoms with Crippen LogP contribution in [0.5, 0.6) is 0 Å². The monoisotopic (exact) mass is 1450 g/mol. The van der Waals surface area contributed by atoms with Gasteiger partial charge in [-0.15, -0.1) is 0 Å². The molecule has 2 amide bonds. The van der Waals surface area contributed by atoms with E-state index in [1.54, 1.807) is 0 Å². The van der Waals surface area contributed by atoms with Gasteiger partial charge in [0.2, 0.25) is 11.8 Å². The predicted molar refractivity (Wildman–Crippen MR) is 385 cm³/mol. The van der Waals surface area contributed by atoms with Crippen LogP contribution in [0.3, 0.4) is 0 Å². The second kappa shape index (κ2) is 53.4. The normalized spacial score (nSPS) is 17.6. The van der Waals surface area contributed by atoms with Crippen molar-refractivity contribution in [2.75, 3.05) is 37.8 Å². The Morgan fingerprint density at radius 2 is 0.990 bits per heavy atom. The minimum Gasteiger partial charge on any atom is -0.386 e. The lowest BCUT2D eigenvalue weighted by molar-refractivity contribution is -0.137. The first-order valence-electron chi connectivity index (χ1n) is 37.6.